The second kappa shape index (κ2) is 7.21. The zero-order chi connectivity index (χ0) is 20.7. The van der Waals surface area contributed by atoms with E-state index >= 15 is 0 Å². The number of aromatic nitrogens is 1. The molecule has 4 nitrogen and oxygen atoms in total. The molecule has 1 aromatic heterocycles. The highest BCUT2D eigenvalue weighted by atomic mass is 32.1. The van der Waals surface area contributed by atoms with Gasteiger partial charge in [0.05, 0.1) is 16.4 Å². The Bertz CT molecular complexity index is 1070. The number of para-hydroxylation sites is 1. The fraction of sp³-hybridized carbons (Fsp3) is 0.391. The van der Waals surface area contributed by atoms with Crippen LogP contribution in [-0.4, -0.2) is 15.9 Å². The summed E-state index contributed by atoms with van der Waals surface area (Å²) in [5.41, 5.74) is 3.62. The van der Waals surface area contributed by atoms with Crippen molar-refractivity contribution in [2.45, 2.75) is 52.4 Å². The number of phenolic OH excluding ortho intramolecular Hbond substituents is 1. The molecule has 0 aliphatic heterocycles. The Morgan fingerprint density at radius 1 is 0.964 bits per heavy atom. The number of aryl methyl sites for hydroxylation is 1. The molecule has 5 heteroatoms. The number of thiazole rings is 1. The lowest BCUT2D eigenvalue weighted by Gasteiger charge is -2.27. The molecule has 1 heterocycles. The molecule has 2 aromatic carbocycles. The molecule has 0 bridgehead atoms. The van der Waals surface area contributed by atoms with E-state index in [1.807, 2.05) is 31.3 Å². The summed E-state index contributed by atoms with van der Waals surface area (Å²) in [6.45, 7) is 12.6. The summed E-state index contributed by atoms with van der Waals surface area (Å²) >= 11 is 1.62. The smallest absolute Gasteiger partial charge is 0.211 e. The van der Waals surface area contributed by atoms with Crippen molar-refractivity contribution in [3.63, 3.8) is 0 Å². The molecule has 0 unspecified atom stereocenters. The van der Waals surface area contributed by atoms with Gasteiger partial charge in [0, 0.05) is 18.2 Å². The number of benzene rings is 2. The van der Waals surface area contributed by atoms with Crippen LogP contribution in [0.25, 0.3) is 10.2 Å². The third-order valence-corrected chi connectivity index (χ3v) is 5.92. The maximum atomic E-state index is 10.8. The number of aromatic hydroxyl groups is 1. The summed E-state index contributed by atoms with van der Waals surface area (Å²) in [4.78, 5) is 0.850. The van der Waals surface area contributed by atoms with Gasteiger partial charge in [0.2, 0.25) is 4.80 Å². The molecule has 3 aromatic rings. The van der Waals surface area contributed by atoms with Crippen molar-refractivity contribution in [1.82, 2.24) is 4.57 Å². The van der Waals surface area contributed by atoms with E-state index in [-0.39, 0.29) is 10.8 Å². The zero-order valence-electron chi connectivity index (χ0n) is 17.7. The average Bonchev–Trinajstić information content (AvgIpc) is 2.90. The minimum atomic E-state index is -0.164. The number of phenols is 1. The molecule has 0 saturated carbocycles. The molecule has 0 aliphatic rings. The molecule has 148 valence electrons. The predicted octanol–water partition coefficient (Wildman–Crippen LogP) is 5.48. The Morgan fingerprint density at radius 2 is 1.54 bits per heavy atom. The first-order valence-corrected chi connectivity index (χ1v) is 10.3. The van der Waals surface area contributed by atoms with Crippen LogP contribution in [0.4, 0.5) is 0 Å². The SMILES string of the molecule is Cn1/c(=N\N=C/c2cc(C(C)(C)C)c(O)c(C(C)(C)C)c2)sc2ccccc21. The van der Waals surface area contributed by atoms with Crippen molar-refractivity contribution in [1.29, 1.82) is 0 Å². The van der Waals surface area contributed by atoms with Gasteiger partial charge in [-0.25, -0.2) is 0 Å². The molecule has 0 amide bonds. The Balaban J connectivity index is 2.07. The average molecular weight is 396 g/mol. The van der Waals surface area contributed by atoms with Crippen LogP contribution < -0.4 is 4.80 Å². The minimum absolute atomic E-state index is 0.164. The monoisotopic (exact) mass is 395 g/mol. The van der Waals surface area contributed by atoms with Gasteiger partial charge in [-0.15, -0.1) is 5.10 Å². The van der Waals surface area contributed by atoms with Crippen molar-refractivity contribution in [3.05, 3.63) is 57.9 Å². The number of fused-ring (bicyclic) bond motifs is 1. The molecule has 3 rings (SSSR count). The summed E-state index contributed by atoms with van der Waals surface area (Å²) in [6, 6.07) is 12.3. The van der Waals surface area contributed by atoms with Crippen molar-refractivity contribution < 1.29 is 5.11 Å². The van der Waals surface area contributed by atoms with Gasteiger partial charge in [0.15, 0.2) is 0 Å². The molecule has 28 heavy (non-hydrogen) atoms. The van der Waals surface area contributed by atoms with Crippen molar-refractivity contribution >= 4 is 27.8 Å². The molecule has 1 N–H and O–H groups in total. The number of rotatable bonds is 2. The van der Waals surface area contributed by atoms with Crippen LogP contribution >= 0.6 is 11.3 Å². The quantitative estimate of drug-likeness (QED) is 0.454. The van der Waals surface area contributed by atoms with Crippen molar-refractivity contribution in [3.8, 4) is 5.75 Å². The summed E-state index contributed by atoms with van der Waals surface area (Å²) in [6.07, 6.45) is 1.77. The molecular formula is C23H29N3OS. The van der Waals surface area contributed by atoms with Crippen LogP contribution in [0.3, 0.4) is 0 Å². The van der Waals surface area contributed by atoms with Gasteiger partial charge in [-0.2, -0.15) is 5.10 Å². The van der Waals surface area contributed by atoms with Gasteiger partial charge < -0.3 is 9.67 Å². The Morgan fingerprint density at radius 3 is 2.07 bits per heavy atom. The first kappa shape index (κ1) is 20.3. The largest absolute Gasteiger partial charge is 0.507 e. The Labute approximate surface area is 170 Å². The van der Waals surface area contributed by atoms with E-state index in [4.69, 9.17) is 0 Å². The maximum absolute atomic E-state index is 10.8. The van der Waals surface area contributed by atoms with Gasteiger partial charge in [-0.05, 0) is 40.7 Å². The summed E-state index contributed by atoms with van der Waals surface area (Å²) in [5.74, 6) is 0.380. The van der Waals surface area contributed by atoms with Gasteiger partial charge in [-0.1, -0.05) is 65.0 Å². The van der Waals surface area contributed by atoms with Crippen molar-refractivity contribution in [2.75, 3.05) is 0 Å². The summed E-state index contributed by atoms with van der Waals surface area (Å²) in [7, 11) is 2.00. The van der Waals surface area contributed by atoms with Gasteiger partial charge >= 0.3 is 0 Å². The first-order valence-electron chi connectivity index (χ1n) is 9.48. The van der Waals surface area contributed by atoms with E-state index in [1.54, 1.807) is 17.6 Å². The number of hydrogen-bond donors (Lipinski definition) is 1. The van der Waals surface area contributed by atoms with Crippen molar-refractivity contribution in [2.24, 2.45) is 17.3 Å². The van der Waals surface area contributed by atoms with Gasteiger partial charge in [0.1, 0.15) is 5.75 Å². The minimum Gasteiger partial charge on any atom is -0.507 e. The lowest BCUT2D eigenvalue weighted by molar-refractivity contribution is 0.423. The van der Waals surface area contributed by atoms with E-state index in [0.717, 1.165) is 27.0 Å². The molecule has 0 spiro atoms. The molecule has 0 atom stereocenters. The summed E-state index contributed by atoms with van der Waals surface area (Å²) < 4.78 is 3.24. The fourth-order valence-corrected chi connectivity index (χ4v) is 4.17. The van der Waals surface area contributed by atoms with Crippen LogP contribution in [0, 0.1) is 0 Å². The Hall–Kier alpha value is -2.40. The predicted molar refractivity (Wildman–Crippen MR) is 119 cm³/mol. The van der Waals surface area contributed by atoms with E-state index in [1.165, 1.54) is 4.70 Å². The fourth-order valence-electron chi connectivity index (χ4n) is 3.20. The van der Waals surface area contributed by atoms with E-state index in [2.05, 4.69) is 68.4 Å². The van der Waals surface area contributed by atoms with E-state index in [9.17, 15) is 5.11 Å². The number of hydrogen-bond acceptors (Lipinski definition) is 4. The van der Waals surface area contributed by atoms with Gasteiger partial charge in [-0.3, -0.25) is 0 Å². The molecule has 0 aliphatic carbocycles. The Kier molecular flexibility index (Phi) is 5.24. The van der Waals surface area contributed by atoms with Crippen LogP contribution in [0.15, 0.2) is 46.6 Å². The molecule has 0 radical (unpaired) electrons. The molecule has 0 saturated heterocycles. The second-order valence-corrected chi connectivity index (χ2v) is 10.2. The highest BCUT2D eigenvalue weighted by molar-refractivity contribution is 7.16. The van der Waals surface area contributed by atoms with Crippen LogP contribution in [0.2, 0.25) is 0 Å². The topological polar surface area (TPSA) is 49.9 Å². The van der Waals surface area contributed by atoms with Crippen LogP contribution in [0.1, 0.15) is 58.2 Å². The van der Waals surface area contributed by atoms with Gasteiger partial charge in [0.25, 0.3) is 0 Å². The first-order chi connectivity index (χ1) is 13.0. The number of nitrogens with zero attached hydrogens (tertiary/aromatic N) is 3. The second-order valence-electron chi connectivity index (χ2n) is 9.22. The third-order valence-electron chi connectivity index (χ3n) is 4.81. The maximum Gasteiger partial charge on any atom is 0.211 e. The highest BCUT2D eigenvalue weighted by Gasteiger charge is 2.26. The summed E-state index contributed by atoms with van der Waals surface area (Å²) in [5, 5.41) is 19.6. The zero-order valence-corrected chi connectivity index (χ0v) is 18.6. The standard InChI is InChI=1S/C23H29N3OS/c1-22(2,3)16-12-15(13-17(20(16)27)23(4,5)6)14-24-25-21-26(7)18-10-8-9-11-19(18)28-21/h8-14,27H,1-7H3/b24-14-,25-21+. The lowest BCUT2D eigenvalue weighted by Crippen LogP contribution is -2.17. The molecular weight excluding hydrogens is 366 g/mol. The highest BCUT2D eigenvalue weighted by Crippen LogP contribution is 2.39. The van der Waals surface area contributed by atoms with Crippen LogP contribution in [-0.2, 0) is 17.9 Å². The lowest BCUT2D eigenvalue weighted by atomic mass is 9.78. The normalized spacial score (nSPS) is 13.8. The van der Waals surface area contributed by atoms with E-state index < -0.39 is 0 Å². The van der Waals surface area contributed by atoms with Crippen LogP contribution in [0.5, 0.6) is 5.75 Å². The molecule has 0 fully saturated rings. The van der Waals surface area contributed by atoms with E-state index in [0.29, 0.717) is 5.75 Å². The third kappa shape index (κ3) is 4.04.